The van der Waals surface area contributed by atoms with Crippen LogP contribution in [0.3, 0.4) is 0 Å². The van der Waals surface area contributed by atoms with Crippen LogP contribution in [0.2, 0.25) is 0 Å². The van der Waals surface area contributed by atoms with Crippen LogP contribution >= 0.6 is 0 Å². The van der Waals surface area contributed by atoms with Crippen LogP contribution in [0, 0.1) is 11.7 Å². The molecule has 2 amide bonds. The summed E-state index contributed by atoms with van der Waals surface area (Å²) in [5.41, 5.74) is 1.96. The second-order valence-electron chi connectivity index (χ2n) is 7.34. The van der Waals surface area contributed by atoms with Crippen LogP contribution < -0.4 is 5.32 Å². The lowest BCUT2D eigenvalue weighted by molar-refractivity contribution is -0.135. The molecule has 1 heterocycles. The van der Waals surface area contributed by atoms with E-state index in [9.17, 15) is 14.0 Å². The largest absolute Gasteiger partial charge is 0.356 e. The van der Waals surface area contributed by atoms with Crippen LogP contribution in [0.1, 0.15) is 30.4 Å². The number of hydrogen-bond acceptors (Lipinski definition) is 2. The fourth-order valence-corrected chi connectivity index (χ4v) is 3.62. The average molecular weight is 382 g/mol. The van der Waals surface area contributed by atoms with Gasteiger partial charge < -0.3 is 10.2 Å². The maximum atomic E-state index is 13.3. The van der Waals surface area contributed by atoms with Gasteiger partial charge in [-0.15, -0.1) is 0 Å². The van der Waals surface area contributed by atoms with Crippen LogP contribution in [0.4, 0.5) is 4.39 Å². The zero-order valence-corrected chi connectivity index (χ0v) is 16.1. The standard InChI is InChI=1S/C23H27FN2O2/c24-21-10-4-8-19(16-21)17-22(27)26-14-11-20(12-15-26)23(28)25-13-5-9-18-6-2-1-3-7-18/h1-4,6-8,10,16,20H,5,9,11-15,17H2,(H,25,28). The first-order valence-corrected chi connectivity index (χ1v) is 9.95. The number of nitrogens with one attached hydrogen (secondary N) is 1. The average Bonchev–Trinajstić information content (AvgIpc) is 2.72. The van der Waals surface area contributed by atoms with E-state index in [0.29, 0.717) is 38.0 Å². The number of benzene rings is 2. The first kappa shape index (κ1) is 20.1. The van der Waals surface area contributed by atoms with Gasteiger partial charge in [-0.05, 0) is 48.9 Å². The molecule has 1 N–H and O–H groups in total. The first-order chi connectivity index (χ1) is 13.6. The van der Waals surface area contributed by atoms with E-state index in [0.717, 1.165) is 12.8 Å². The summed E-state index contributed by atoms with van der Waals surface area (Å²) in [7, 11) is 0. The molecule has 1 fully saturated rings. The lowest BCUT2D eigenvalue weighted by atomic mass is 9.95. The van der Waals surface area contributed by atoms with Crippen molar-refractivity contribution in [1.82, 2.24) is 10.2 Å². The number of halogens is 1. The first-order valence-electron chi connectivity index (χ1n) is 9.95. The summed E-state index contributed by atoms with van der Waals surface area (Å²) in [5.74, 6) is -0.277. The highest BCUT2D eigenvalue weighted by Crippen LogP contribution is 2.18. The molecular weight excluding hydrogens is 355 g/mol. The number of likely N-dealkylation sites (tertiary alicyclic amines) is 1. The Morgan fingerprint density at radius 2 is 1.71 bits per heavy atom. The predicted molar refractivity (Wildman–Crippen MR) is 107 cm³/mol. The number of hydrogen-bond donors (Lipinski definition) is 1. The Morgan fingerprint density at radius 3 is 2.43 bits per heavy atom. The molecule has 4 nitrogen and oxygen atoms in total. The lowest BCUT2D eigenvalue weighted by Crippen LogP contribution is -2.43. The number of aryl methyl sites for hydroxylation is 1. The fourth-order valence-electron chi connectivity index (χ4n) is 3.62. The van der Waals surface area contributed by atoms with Gasteiger partial charge in [-0.25, -0.2) is 4.39 Å². The van der Waals surface area contributed by atoms with E-state index >= 15 is 0 Å². The molecule has 0 atom stereocenters. The Kier molecular flexibility index (Phi) is 7.18. The van der Waals surface area contributed by atoms with E-state index < -0.39 is 0 Å². The van der Waals surface area contributed by atoms with E-state index in [2.05, 4.69) is 17.4 Å². The van der Waals surface area contributed by atoms with Gasteiger partial charge in [0.1, 0.15) is 5.82 Å². The second-order valence-corrected chi connectivity index (χ2v) is 7.34. The molecule has 0 saturated carbocycles. The van der Waals surface area contributed by atoms with Crippen molar-refractivity contribution in [2.45, 2.75) is 32.1 Å². The van der Waals surface area contributed by atoms with Gasteiger partial charge in [-0.3, -0.25) is 9.59 Å². The summed E-state index contributed by atoms with van der Waals surface area (Å²) in [6, 6.07) is 16.4. The van der Waals surface area contributed by atoms with E-state index in [-0.39, 0.29) is 30.0 Å². The molecule has 0 aliphatic carbocycles. The highest BCUT2D eigenvalue weighted by atomic mass is 19.1. The van der Waals surface area contributed by atoms with Gasteiger partial charge in [0.05, 0.1) is 6.42 Å². The number of piperidine rings is 1. The number of amides is 2. The lowest BCUT2D eigenvalue weighted by Gasteiger charge is -2.31. The second kappa shape index (κ2) is 10.0. The van der Waals surface area contributed by atoms with Crippen molar-refractivity contribution in [1.29, 1.82) is 0 Å². The minimum absolute atomic E-state index is 0.00711. The molecule has 0 bridgehead atoms. The zero-order valence-electron chi connectivity index (χ0n) is 16.1. The smallest absolute Gasteiger partial charge is 0.226 e. The van der Waals surface area contributed by atoms with Crippen LogP contribution in [0.25, 0.3) is 0 Å². The Hall–Kier alpha value is -2.69. The molecule has 0 unspecified atom stereocenters. The van der Waals surface area contributed by atoms with Crippen molar-refractivity contribution in [3.05, 3.63) is 71.5 Å². The molecule has 3 rings (SSSR count). The molecule has 5 heteroatoms. The summed E-state index contributed by atoms with van der Waals surface area (Å²) in [6.45, 7) is 1.83. The summed E-state index contributed by atoms with van der Waals surface area (Å²) >= 11 is 0. The molecule has 0 radical (unpaired) electrons. The van der Waals surface area contributed by atoms with Gasteiger partial charge in [-0.2, -0.15) is 0 Å². The fraction of sp³-hybridized carbons (Fsp3) is 0.391. The molecule has 1 saturated heterocycles. The molecule has 2 aromatic rings. The Balaban J connectivity index is 1.36. The minimum atomic E-state index is -0.326. The van der Waals surface area contributed by atoms with Crippen molar-refractivity contribution in [3.63, 3.8) is 0 Å². The predicted octanol–water partition coefficient (Wildman–Crippen LogP) is 3.36. The molecule has 1 aliphatic rings. The maximum Gasteiger partial charge on any atom is 0.226 e. The molecule has 0 aromatic heterocycles. The van der Waals surface area contributed by atoms with Crippen molar-refractivity contribution in [2.75, 3.05) is 19.6 Å². The van der Waals surface area contributed by atoms with E-state index in [1.807, 2.05) is 18.2 Å². The molecule has 28 heavy (non-hydrogen) atoms. The van der Waals surface area contributed by atoms with Crippen molar-refractivity contribution in [2.24, 2.45) is 5.92 Å². The summed E-state index contributed by atoms with van der Waals surface area (Å²) in [6.07, 6.45) is 3.43. The van der Waals surface area contributed by atoms with Gasteiger partial charge in [0, 0.05) is 25.6 Å². The van der Waals surface area contributed by atoms with Gasteiger partial charge >= 0.3 is 0 Å². The number of nitrogens with zero attached hydrogens (tertiary/aromatic N) is 1. The van der Waals surface area contributed by atoms with E-state index in [1.54, 1.807) is 17.0 Å². The zero-order chi connectivity index (χ0) is 19.8. The number of carbonyl (C=O) groups excluding carboxylic acids is 2. The number of carbonyl (C=O) groups is 2. The Bertz CT molecular complexity index is 786. The topological polar surface area (TPSA) is 49.4 Å². The summed E-state index contributed by atoms with van der Waals surface area (Å²) < 4.78 is 13.3. The monoisotopic (exact) mass is 382 g/mol. The van der Waals surface area contributed by atoms with E-state index in [1.165, 1.54) is 17.7 Å². The molecule has 148 valence electrons. The minimum Gasteiger partial charge on any atom is -0.356 e. The highest BCUT2D eigenvalue weighted by molar-refractivity contribution is 5.81. The molecule has 1 aliphatic heterocycles. The third-order valence-electron chi connectivity index (χ3n) is 5.25. The Labute approximate surface area is 165 Å². The van der Waals surface area contributed by atoms with Crippen molar-refractivity contribution < 1.29 is 14.0 Å². The van der Waals surface area contributed by atoms with Gasteiger partial charge in [-0.1, -0.05) is 42.5 Å². The van der Waals surface area contributed by atoms with Crippen LogP contribution in [0.5, 0.6) is 0 Å². The highest BCUT2D eigenvalue weighted by Gasteiger charge is 2.27. The summed E-state index contributed by atoms with van der Waals surface area (Å²) in [5, 5.41) is 3.03. The summed E-state index contributed by atoms with van der Waals surface area (Å²) in [4.78, 5) is 26.5. The normalized spacial score (nSPS) is 14.7. The van der Waals surface area contributed by atoms with Gasteiger partial charge in [0.25, 0.3) is 0 Å². The SMILES string of the molecule is O=C(NCCCc1ccccc1)C1CCN(C(=O)Cc2cccc(F)c2)CC1. The quantitative estimate of drug-likeness (QED) is 0.747. The van der Waals surface area contributed by atoms with Gasteiger partial charge in [0.15, 0.2) is 0 Å². The van der Waals surface area contributed by atoms with Crippen LogP contribution in [0.15, 0.2) is 54.6 Å². The molecular formula is C23H27FN2O2. The molecule has 2 aromatic carbocycles. The number of rotatable bonds is 7. The van der Waals surface area contributed by atoms with Crippen molar-refractivity contribution in [3.8, 4) is 0 Å². The Morgan fingerprint density at radius 1 is 1.00 bits per heavy atom. The van der Waals surface area contributed by atoms with Crippen LogP contribution in [-0.4, -0.2) is 36.3 Å². The van der Waals surface area contributed by atoms with Crippen molar-refractivity contribution >= 4 is 11.8 Å². The van der Waals surface area contributed by atoms with E-state index in [4.69, 9.17) is 0 Å². The van der Waals surface area contributed by atoms with Gasteiger partial charge in [0.2, 0.25) is 11.8 Å². The maximum absolute atomic E-state index is 13.3. The molecule has 0 spiro atoms. The third kappa shape index (κ3) is 5.91. The van der Waals surface area contributed by atoms with Crippen LogP contribution in [-0.2, 0) is 22.4 Å². The third-order valence-corrected chi connectivity index (χ3v) is 5.25.